The lowest BCUT2D eigenvalue weighted by atomic mass is 9.81. The predicted molar refractivity (Wildman–Crippen MR) is 114 cm³/mol. The fraction of sp³-hybridized carbons (Fsp3) is 0.440. The molecule has 0 spiro atoms. The van der Waals surface area contributed by atoms with E-state index < -0.39 is 0 Å². The molecule has 27 heavy (non-hydrogen) atoms. The summed E-state index contributed by atoms with van der Waals surface area (Å²) in [6.45, 7) is 5.44. The summed E-state index contributed by atoms with van der Waals surface area (Å²) in [4.78, 5) is 2.46. The smallest absolute Gasteiger partial charge is 0.0530 e. The fourth-order valence-corrected chi connectivity index (χ4v) is 5.34. The molecule has 1 fully saturated rings. The molecule has 2 nitrogen and oxygen atoms in total. The zero-order valence-electron chi connectivity index (χ0n) is 16.7. The van der Waals surface area contributed by atoms with Crippen LogP contribution in [0.2, 0.25) is 0 Å². The molecule has 1 saturated carbocycles. The second kappa shape index (κ2) is 6.83. The monoisotopic (exact) mass is 358 g/mol. The highest BCUT2D eigenvalue weighted by molar-refractivity contribution is 5.93. The molecular formula is C25H30N2. The molecule has 2 heteroatoms. The second-order valence-electron chi connectivity index (χ2n) is 8.66. The molecule has 3 aromatic rings. The lowest BCUT2D eigenvalue weighted by Crippen LogP contribution is -2.25. The van der Waals surface area contributed by atoms with Crippen LogP contribution in [0, 0.1) is 6.92 Å². The number of benzene rings is 2. The van der Waals surface area contributed by atoms with Crippen molar-refractivity contribution in [3.63, 3.8) is 0 Å². The van der Waals surface area contributed by atoms with Crippen LogP contribution in [0.3, 0.4) is 0 Å². The normalized spacial score (nSPS) is 18.7. The van der Waals surface area contributed by atoms with E-state index in [9.17, 15) is 0 Å². The van der Waals surface area contributed by atoms with Crippen LogP contribution >= 0.6 is 0 Å². The quantitative estimate of drug-likeness (QED) is 0.509. The zero-order chi connectivity index (χ0) is 18.4. The van der Waals surface area contributed by atoms with Crippen molar-refractivity contribution in [1.29, 1.82) is 0 Å². The van der Waals surface area contributed by atoms with E-state index in [2.05, 4.69) is 65.9 Å². The second-order valence-corrected chi connectivity index (χ2v) is 8.66. The van der Waals surface area contributed by atoms with Crippen molar-refractivity contribution in [1.82, 2.24) is 9.47 Å². The van der Waals surface area contributed by atoms with E-state index in [1.165, 1.54) is 65.4 Å². The molecule has 2 aliphatic rings. The summed E-state index contributed by atoms with van der Waals surface area (Å²) in [5.74, 6) is 0.713. The number of hydrogen-bond acceptors (Lipinski definition) is 1. The molecule has 0 N–H and O–H groups in total. The minimum absolute atomic E-state index is 0.713. The summed E-state index contributed by atoms with van der Waals surface area (Å²) < 4.78 is 2.64. The van der Waals surface area contributed by atoms with E-state index >= 15 is 0 Å². The standard InChI is InChI=1S/C25H30N2/c1-18-12-13-22-23(16-18)27-15-14-26(2)17-20-10-6-7-11-21(20)25(27)24(22)19-8-4-3-5-9-19/h6-7,10-13,16,19H,3-5,8-9,14-15,17H2,1-2H3. The van der Waals surface area contributed by atoms with Gasteiger partial charge in [0.05, 0.1) is 5.69 Å². The van der Waals surface area contributed by atoms with Crippen molar-refractivity contribution < 1.29 is 0 Å². The summed E-state index contributed by atoms with van der Waals surface area (Å²) in [6, 6.07) is 16.2. The summed E-state index contributed by atoms with van der Waals surface area (Å²) in [5.41, 5.74) is 8.89. The third-order valence-electron chi connectivity index (χ3n) is 6.69. The molecular weight excluding hydrogens is 328 g/mol. The van der Waals surface area contributed by atoms with Gasteiger partial charge in [-0.25, -0.2) is 0 Å². The Kier molecular flexibility index (Phi) is 4.32. The number of fused-ring (bicyclic) bond motifs is 5. The van der Waals surface area contributed by atoms with Gasteiger partial charge >= 0.3 is 0 Å². The number of nitrogens with zero attached hydrogens (tertiary/aromatic N) is 2. The molecule has 1 aliphatic heterocycles. The number of aromatic nitrogens is 1. The molecule has 140 valence electrons. The Bertz CT molecular complexity index is 975. The molecule has 5 rings (SSSR count). The summed E-state index contributed by atoms with van der Waals surface area (Å²) in [5, 5.41) is 1.50. The Labute approximate surface area is 162 Å². The van der Waals surface area contributed by atoms with Gasteiger partial charge in [-0.1, -0.05) is 55.7 Å². The summed E-state index contributed by atoms with van der Waals surface area (Å²) >= 11 is 0. The van der Waals surface area contributed by atoms with Gasteiger partial charge < -0.3 is 9.47 Å². The van der Waals surface area contributed by atoms with Crippen molar-refractivity contribution in [3.8, 4) is 11.3 Å². The van der Waals surface area contributed by atoms with Crippen LogP contribution < -0.4 is 0 Å². The van der Waals surface area contributed by atoms with Gasteiger partial charge in [0, 0.05) is 36.1 Å². The van der Waals surface area contributed by atoms with Crippen molar-refractivity contribution in [3.05, 3.63) is 59.2 Å². The maximum atomic E-state index is 2.64. The van der Waals surface area contributed by atoms with Crippen molar-refractivity contribution in [2.75, 3.05) is 13.6 Å². The van der Waals surface area contributed by atoms with Crippen LogP contribution in [0.25, 0.3) is 22.2 Å². The number of hydrogen-bond donors (Lipinski definition) is 0. The molecule has 0 saturated heterocycles. The average molecular weight is 359 g/mol. The fourth-order valence-electron chi connectivity index (χ4n) is 5.34. The Hall–Kier alpha value is -2.06. The topological polar surface area (TPSA) is 8.17 Å². The van der Waals surface area contributed by atoms with Crippen LogP contribution in [-0.4, -0.2) is 23.1 Å². The minimum Gasteiger partial charge on any atom is -0.339 e. The van der Waals surface area contributed by atoms with Gasteiger partial charge in [-0.2, -0.15) is 0 Å². The SMILES string of the molecule is Cc1ccc2c(C3CCCCC3)c3n(c2c1)CCN(C)Cc1ccccc1-3. The largest absolute Gasteiger partial charge is 0.339 e. The first-order valence-corrected chi connectivity index (χ1v) is 10.6. The van der Waals surface area contributed by atoms with Crippen molar-refractivity contribution in [2.24, 2.45) is 0 Å². The molecule has 0 unspecified atom stereocenters. The van der Waals surface area contributed by atoms with Crippen LogP contribution in [0.4, 0.5) is 0 Å². The maximum absolute atomic E-state index is 2.64. The van der Waals surface area contributed by atoms with E-state index in [0.717, 1.165) is 19.6 Å². The highest BCUT2D eigenvalue weighted by atomic mass is 15.1. The molecule has 2 heterocycles. The molecule has 0 amide bonds. The van der Waals surface area contributed by atoms with Gasteiger partial charge in [-0.05, 0) is 55.5 Å². The Morgan fingerprint density at radius 3 is 2.59 bits per heavy atom. The van der Waals surface area contributed by atoms with E-state index in [0.29, 0.717) is 5.92 Å². The minimum atomic E-state index is 0.713. The highest BCUT2D eigenvalue weighted by Crippen LogP contribution is 2.45. The van der Waals surface area contributed by atoms with E-state index in [1.54, 1.807) is 5.56 Å². The lowest BCUT2D eigenvalue weighted by molar-refractivity contribution is 0.311. The van der Waals surface area contributed by atoms with Crippen LogP contribution in [0.15, 0.2) is 42.5 Å². The van der Waals surface area contributed by atoms with E-state index in [1.807, 2.05) is 0 Å². The Morgan fingerprint density at radius 1 is 0.926 bits per heavy atom. The summed E-state index contributed by atoms with van der Waals surface area (Å²) in [6.07, 6.45) is 6.87. The number of likely N-dealkylation sites (N-methyl/N-ethyl adjacent to an activating group) is 1. The molecule has 1 aliphatic carbocycles. The van der Waals surface area contributed by atoms with Crippen LogP contribution in [0.1, 0.15) is 54.7 Å². The van der Waals surface area contributed by atoms with Gasteiger partial charge in [-0.3, -0.25) is 0 Å². The first-order chi connectivity index (χ1) is 13.2. The third-order valence-corrected chi connectivity index (χ3v) is 6.69. The highest BCUT2D eigenvalue weighted by Gasteiger charge is 2.28. The predicted octanol–water partition coefficient (Wildman–Crippen LogP) is 6.11. The summed E-state index contributed by atoms with van der Waals surface area (Å²) in [7, 11) is 2.25. The molecule has 0 radical (unpaired) electrons. The van der Waals surface area contributed by atoms with Crippen LogP contribution in [-0.2, 0) is 13.1 Å². The van der Waals surface area contributed by atoms with Gasteiger partial charge in [0.1, 0.15) is 0 Å². The zero-order valence-corrected chi connectivity index (χ0v) is 16.7. The van der Waals surface area contributed by atoms with Crippen molar-refractivity contribution >= 4 is 10.9 Å². The van der Waals surface area contributed by atoms with Gasteiger partial charge in [0.15, 0.2) is 0 Å². The Morgan fingerprint density at radius 2 is 1.74 bits per heavy atom. The first-order valence-electron chi connectivity index (χ1n) is 10.6. The molecule has 2 aromatic carbocycles. The van der Waals surface area contributed by atoms with Crippen LogP contribution in [0.5, 0.6) is 0 Å². The van der Waals surface area contributed by atoms with E-state index in [-0.39, 0.29) is 0 Å². The number of aryl methyl sites for hydroxylation is 1. The lowest BCUT2D eigenvalue weighted by Gasteiger charge is -2.27. The van der Waals surface area contributed by atoms with Gasteiger partial charge in [0.25, 0.3) is 0 Å². The van der Waals surface area contributed by atoms with E-state index in [4.69, 9.17) is 0 Å². The number of rotatable bonds is 1. The molecule has 0 bridgehead atoms. The van der Waals surface area contributed by atoms with Crippen molar-refractivity contribution in [2.45, 2.75) is 58.0 Å². The average Bonchev–Trinajstić information content (AvgIpc) is 2.99. The first kappa shape index (κ1) is 17.1. The molecule has 1 aromatic heterocycles. The van der Waals surface area contributed by atoms with Gasteiger partial charge in [0.2, 0.25) is 0 Å². The van der Waals surface area contributed by atoms with Gasteiger partial charge in [-0.15, -0.1) is 0 Å². The Balaban J connectivity index is 1.84. The third kappa shape index (κ3) is 2.91. The molecule has 0 atom stereocenters. The maximum Gasteiger partial charge on any atom is 0.0530 e.